The van der Waals surface area contributed by atoms with Crippen LogP contribution < -0.4 is 5.32 Å². The molecule has 3 rings (SSSR count). The average Bonchev–Trinajstić information content (AvgIpc) is 2.67. The molecule has 0 saturated heterocycles. The number of amides is 1. The summed E-state index contributed by atoms with van der Waals surface area (Å²) in [5, 5.41) is 3.67. The predicted octanol–water partition coefficient (Wildman–Crippen LogP) is 4.72. The Hall–Kier alpha value is -2.66. The Balaban J connectivity index is 1.64. The zero-order chi connectivity index (χ0) is 19.2. The number of aryl methyl sites for hydroxylation is 2. The highest BCUT2D eigenvalue weighted by Crippen LogP contribution is 2.21. The van der Waals surface area contributed by atoms with Crippen LogP contribution in [0, 0.1) is 20.8 Å². The third-order valence-corrected chi connectivity index (χ3v) is 5.32. The van der Waals surface area contributed by atoms with Crippen LogP contribution in [0.1, 0.15) is 28.1 Å². The van der Waals surface area contributed by atoms with Crippen molar-refractivity contribution in [2.24, 2.45) is 0 Å². The van der Waals surface area contributed by atoms with Crippen LogP contribution in [0.2, 0.25) is 0 Å². The van der Waals surface area contributed by atoms with E-state index in [4.69, 9.17) is 0 Å². The largest absolute Gasteiger partial charge is 0.325 e. The maximum absolute atomic E-state index is 12.4. The van der Waals surface area contributed by atoms with Crippen LogP contribution in [0.15, 0.2) is 59.8 Å². The summed E-state index contributed by atoms with van der Waals surface area (Å²) in [5.41, 5.74) is 6.17. The van der Waals surface area contributed by atoms with E-state index in [2.05, 4.69) is 27.4 Å². The maximum atomic E-state index is 12.4. The highest BCUT2D eigenvalue weighted by atomic mass is 32.2. The monoisotopic (exact) mass is 377 g/mol. The van der Waals surface area contributed by atoms with Crippen molar-refractivity contribution in [1.29, 1.82) is 0 Å². The second-order valence-corrected chi connectivity index (χ2v) is 7.40. The van der Waals surface area contributed by atoms with E-state index in [1.54, 1.807) is 0 Å². The van der Waals surface area contributed by atoms with E-state index in [1.807, 2.05) is 63.2 Å². The van der Waals surface area contributed by atoms with Crippen molar-refractivity contribution in [2.45, 2.75) is 32.3 Å². The van der Waals surface area contributed by atoms with Crippen LogP contribution in [0.3, 0.4) is 0 Å². The lowest BCUT2D eigenvalue weighted by Crippen LogP contribution is -2.16. The molecule has 138 valence electrons. The van der Waals surface area contributed by atoms with Crippen molar-refractivity contribution < 1.29 is 4.79 Å². The predicted molar refractivity (Wildman–Crippen MR) is 111 cm³/mol. The van der Waals surface area contributed by atoms with Gasteiger partial charge in [0, 0.05) is 17.1 Å². The maximum Gasteiger partial charge on any atom is 0.234 e. The van der Waals surface area contributed by atoms with Gasteiger partial charge in [-0.2, -0.15) is 0 Å². The van der Waals surface area contributed by atoms with Crippen LogP contribution in [0.5, 0.6) is 0 Å². The Morgan fingerprint density at radius 1 is 0.926 bits per heavy atom. The number of hydrogen-bond acceptors (Lipinski definition) is 4. The Labute approximate surface area is 164 Å². The average molecular weight is 378 g/mol. The minimum Gasteiger partial charge on any atom is -0.325 e. The summed E-state index contributed by atoms with van der Waals surface area (Å²) < 4.78 is 0. The molecule has 3 aromatic rings. The van der Waals surface area contributed by atoms with Crippen LogP contribution >= 0.6 is 11.8 Å². The zero-order valence-electron chi connectivity index (χ0n) is 15.8. The van der Waals surface area contributed by atoms with Crippen LogP contribution in [-0.4, -0.2) is 21.6 Å². The van der Waals surface area contributed by atoms with Gasteiger partial charge in [0.2, 0.25) is 5.91 Å². The number of aromatic nitrogens is 2. The van der Waals surface area contributed by atoms with Gasteiger partial charge in [0.05, 0.1) is 5.75 Å². The molecule has 0 bridgehead atoms. The van der Waals surface area contributed by atoms with Gasteiger partial charge in [0.25, 0.3) is 0 Å². The molecule has 4 nitrogen and oxygen atoms in total. The van der Waals surface area contributed by atoms with E-state index in [0.717, 1.165) is 34.6 Å². The van der Waals surface area contributed by atoms with Crippen molar-refractivity contribution >= 4 is 23.4 Å². The lowest BCUT2D eigenvalue weighted by atomic mass is 10.0. The normalized spacial score (nSPS) is 10.6. The molecule has 0 spiro atoms. The lowest BCUT2D eigenvalue weighted by molar-refractivity contribution is -0.113. The van der Waals surface area contributed by atoms with Gasteiger partial charge in [0.15, 0.2) is 5.16 Å². The highest BCUT2D eigenvalue weighted by molar-refractivity contribution is 7.99. The van der Waals surface area contributed by atoms with Gasteiger partial charge in [-0.1, -0.05) is 60.3 Å². The molecule has 0 aliphatic rings. The first-order valence-electron chi connectivity index (χ1n) is 8.89. The topological polar surface area (TPSA) is 54.9 Å². The summed E-state index contributed by atoms with van der Waals surface area (Å²) >= 11 is 1.36. The van der Waals surface area contributed by atoms with E-state index in [-0.39, 0.29) is 11.7 Å². The number of nitrogens with one attached hydrogen (secondary N) is 1. The SMILES string of the molecule is Cc1nc(SCC(=O)Nc2ccccc2Cc2ccccc2)nc(C)c1C. The summed E-state index contributed by atoms with van der Waals surface area (Å²) in [7, 11) is 0. The first-order valence-corrected chi connectivity index (χ1v) is 9.88. The molecule has 0 saturated carbocycles. The molecule has 1 aromatic heterocycles. The van der Waals surface area contributed by atoms with E-state index < -0.39 is 0 Å². The molecule has 0 aliphatic heterocycles. The summed E-state index contributed by atoms with van der Waals surface area (Å²) in [6.07, 6.45) is 0.782. The molecule has 5 heteroatoms. The molecular formula is C22H23N3OS. The van der Waals surface area contributed by atoms with Crippen molar-refractivity contribution in [3.8, 4) is 0 Å². The van der Waals surface area contributed by atoms with E-state index in [0.29, 0.717) is 5.16 Å². The van der Waals surface area contributed by atoms with Gasteiger partial charge >= 0.3 is 0 Å². The quantitative estimate of drug-likeness (QED) is 0.499. The van der Waals surface area contributed by atoms with Crippen molar-refractivity contribution in [3.05, 3.63) is 82.7 Å². The Morgan fingerprint density at radius 2 is 1.56 bits per heavy atom. The van der Waals surface area contributed by atoms with Gasteiger partial charge in [-0.3, -0.25) is 4.79 Å². The van der Waals surface area contributed by atoms with Gasteiger partial charge < -0.3 is 5.32 Å². The summed E-state index contributed by atoms with van der Waals surface area (Å²) in [4.78, 5) is 21.4. The number of para-hydroxylation sites is 1. The molecule has 1 heterocycles. The zero-order valence-corrected chi connectivity index (χ0v) is 16.6. The number of anilines is 1. The number of carbonyl (C=O) groups excluding carboxylic acids is 1. The summed E-state index contributed by atoms with van der Waals surface area (Å²) in [6.45, 7) is 5.94. The molecule has 0 fully saturated rings. The molecule has 0 aliphatic carbocycles. The summed E-state index contributed by atoms with van der Waals surface area (Å²) in [5.74, 6) is 0.224. The molecule has 1 N–H and O–H groups in total. The Morgan fingerprint density at radius 3 is 2.26 bits per heavy atom. The molecule has 27 heavy (non-hydrogen) atoms. The smallest absolute Gasteiger partial charge is 0.234 e. The Kier molecular flexibility index (Phi) is 6.24. The van der Waals surface area contributed by atoms with Crippen LogP contribution in [0.4, 0.5) is 5.69 Å². The molecule has 0 atom stereocenters. The number of thioether (sulfide) groups is 1. The van der Waals surface area contributed by atoms with Crippen molar-refractivity contribution in [1.82, 2.24) is 9.97 Å². The van der Waals surface area contributed by atoms with Gasteiger partial charge in [0.1, 0.15) is 0 Å². The van der Waals surface area contributed by atoms with E-state index in [1.165, 1.54) is 17.3 Å². The first-order chi connectivity index (χ1) is 13.0. The molecular weight excluding hydrogens is 354 g/mol. The lowest BCUT2D eigenvalue weighted by Gasteiger charge is -2.11. The fraction of sp³-hybridized carbons (Fsp3) is 0.227. The highest BCUT2D eigenvalue weighted by Gasteiger charge is 2.10. The summed E-state index contributed by atoms with van der Waals surface area (Å²) in [6, 6.07) is 18.2. The third kappa shape index (κ3) is 5.17. The third-order valence-electron chi connectivity index (χ3n) is 4.47. The fourth-order valence-corrected chi connectivity index (χ4v) is 3.47. The van der Waals surface area contributed by atoms with Gasteiger partial charge in [-0.05, 0) is 49.9 Å². The number of nitrogens with zero attached hydrogens (tertiary/aromatic N) is 2. The van der Waals surface area contributed by atoms with Crippen molar-refractivity contribution in [3.63, 3.8) is 0 Å². The van der Waals surface area contributed by atoms with Crippen LogP contribution in [0.25, 0.3) is 0 Å². The van der Waals surface area contributed by atoms with E-state index >= 15 is 0 Å². The van der Waals surface area contributed by atoms with Crippen molar-refractivity contribution in [2.75, 3.05) is 11.1 Å². The second kappa shape index (κ2) is 8.82. The molecule has 0 radical (unpaired) electrons. The number of rotatable bonds is 6. The number of hydrogen-bond donors (Lipinski definition) is 1. The molecule has 1 amide bonds. The number of carbonyl (C=O) groups is 1. The first kappa shape index (κ1) is 19.1. The standard InChI is InChI=1S/C22H23N3OS/c1-15-16(2)23-22(24-17(15)3)27-14-21(26)25-20-12-8-7-11-19(20)13-18-9-5-4-6-10-18/h4-12H,13-14H2,1-3H3,(H,25,26). The minimum atomic E-state index is -0.0556. The van der Waals surface area contributed by atoms with Crippen LogP contribution in [-0.2, 0) is 11.2 Å². The van der Waals surface area contributed by atoms with Gasteiger partial charge in [-0.25, -0.2) is 9.97 Å². The Bertz CT molecular complexity index is 918. The fourth-order valence-electron chi connectivity index (χ4n) is 2.73. The minimum absolute atomic E-state index is 0.0556. The second-order valence-electron chi connectivity index (χ2n) is 6.46. The molecule has 0 unspecified atom stereocenters. The van der Waals surface area contributed by atoms with Gasteiger partial charge in [-0.15, -0.1) is 0 Å². The number of benzene rings is 2. The van der Waals surface area contributed by atoms with E-state index in [9.17, 15) is 4.79 Å². The molecule has 2 aromatic carbocycles.